The molecule has 2 aromatic rings. The fourth-order valence-corrected chi connectivity index (χ4v) is 1.60. The molecule has 0 atom stereocenters. The molecule has 0 bridgehead atoms. The largest absolute Gasteiger partial charge is 0.403 e. The molecule has 0 aliphatic carbocycles. The van der Waals surface area contributed by atoms with Gasteiger partial charge in [-0.2, -0.15) is 5.26 Å². The summed E-state index contributed by atoms with van der Waals surface area (Å²) in [4.78, 5) is 3.11. The van der Waals surface area contributed by atoms with E-state index in [0.29, 0.717) is 11.3 Å². The molecule has 0 radical (unpaired) electrons. The van der Waals surface area contributed by atoms with Gasteiger partial charge >= 0.3 is 5.69 Å². The van der Waals surface area contributed by atoms with Crippen molar-refractivity contribution < 1.29 is 0 Å². The van der Waals surface area contributed by atoms with E-state index in [-0.39, 0.29) is 0 Å². The Labute approximate surface area is 93.2 Å². The molecule has 0 saturated carbocycles. The van der Waals surface area contributed by atoms with Crippen molar-refractivity contribution in [1.29, 1.82) is 10.7 Å². The molecule has 2 rings (SSSR count). The van der Waals surface area contributed by atoms with Crippen LogP contribution in [0.3, 0.4) is 0 Å². The first-order chi connectivity index (χ1) is 7.86. The molecule has 3 nitrogen and oxygen atoms in total. The highest BCUT2D eigenvalue weighted by Crippen LogP contribution is 2.29. The summed E-state index contributed by atoms with van der Waals surface area (Å²) in [6.45, 7) is 0. The van der Waals surface area contributed by atoms with E-state index in [1.54, 1.807) is 12.1 Å². The van der Waals surface area contributed by atoms with Crippen molar-refractivity contribution >= 4 is 5.69 Å². The first-order valence-corrected chi connectivity index (χ1v) is 4.80. The monoisotopic (exact) mass is 206 g/mol. The number of nitrogens with zero attached hydrogens (tertiary/aromatic N) is 3. The summed E-state index contributed by atoms with van der Waals surface area (Å²) in [5.74, 6) is 0. The van der Waals surface area contributed by atoms with E-state index in [2.05, 4.69) is 11.0 Å². The van der Waals surface area contributed by atoms with Gasteiger partial charge in [0.1, 0.15) is 6.07 Å². The van der Waals surface area contributed by atoms with Gasteiger partial charge in [0.15, 0.2) is 10.5 Å². The van der Waals surface area contributed by atoms with Crippen LogP contribution in [0, 0.1) is 16.7 Å². The smallest absolute Gasteiger partial charge is 0.192 e. The predicted octanol–water partition coefficient (Wildman–Crippen LogP) is 3.71. The normalized spacial score (nSPS) is 9.12. The maximum absolute atomic E-state index is 9.07. The quantitative estimate of drug-likeness (QED) is 0.668. The summed E-state index contributed by atoms with van der Waals surface area (Å²) in [5.41, 5.74) is 2.39. The highest BCUT2D eigenvalue weighted by Gasteiger charge is 2.17. The topological polar surface area (TPSA) is 51.9 Å². The van der Waals surface area contributed by atoms with E-state index in [9.17, 15) is 0 Å². The number of hydrogen-bond acceptors (Lipinski definition) is 2. The molecule has 0 unspecified atom stereocenters. The SMILES string of the molecule is N#Cc1c([N+]#N)cccc1-c1ccccc1. The van der Waals surface area contributed by atoms with Crippen LogP contribution in [0.5, 0.6) is 0 Å². The summed E-state index contributed by atoms with van der Waals surface area (Å²) in [7, 11) is 0. The van der Waals surface area contributed by atoms with Crippen molar-refractivity contribution in [1.82, 2.24) is 0 Å². The fraction of sp³-hybridized carbons (Fsp3) is 0. The maximum Gasteiger partial charge on any atom is 0.403 e. The number of benzene rings is 2. The van der Waals surface area contributed by atoms with Gasteiger partial charge in [-0.05, 0) is 5.56 Å². The molecule has 0 aliphatic rings. The second kappa shape index (κ2) is 4.25. The van der Waals surface area contributed by atoms with Crippen LogP contribution in [0.2, 0.25) is 0 Å². The van der Waals surface area contributed by atoms with Gasteiger partial charge in [-0.3, -0.25) is 0 Å². The second-order valence-corrected chi connectivity index (χ2v) is 3.28. The van der Waals surface area contributed by atoms with Crippen LogP contribution >= 0.6 is 0 Å². The average molecular weight is 206 g/mol. The third kappa shape index (κ3) is 1.63. The van der Waals surface area contributed by atoms with Crippen LogP contribution in [-0.4, -0.2) is 0 Å². The third-order valence-electron chi connectivity index (χ3n) is 2.35. The number of diazo groups is 1. The van der Waals surface area contributed by atoms with Crippen molar-refractivity contribution in [3.8, 4) is 17.2 Å². The second-order valence-electron chi connectivity index (χ2n) is 3.28. The van der Waals surface area contributed by atoms with E-state index < -0.39 is 0 Å². The van der Waals surface area contributed by atoms with Gasteiger partial charge in [-0.1, -0.05) is 42.5 Å². The highest BCUT2D eigenvalue weighted by molar-refractivity contribution is 5.77. The van der Waals surface area contributed by atoms with Gasteiger partial charge in [-0.15, -0.1) is 0 Å². The lowest BCUT2D eigenvalue weighted by molar-refractivity contribution is 1.43. The van der Waals surface area contributed by atoms with Crippen LogP contribution in [-0.2, 0) is 0 Å². The Morgan fingerprint density at radius 2 is 1.69 bits per heavy atom. The van der Waals surface area contributed by atoms with Gasteiger partial charge < -0.3 is 0 Å². The zero-order chi connectivity index (χ0) is 11.4. The van der Waals surface area contributed by atoms with Crippen molar-refractivity contribution in [2.24, 2.45) is 0 Å². The van der Waals surface area contributed by atoms with Crippen molar-refractivity contribution in [2.75, 3.05) is 0 Å². The zero-order valence-electron chi connectivity index (χ0n) is 8.46. The highest BCUT2D eigenvalue weighted by atomic mass is 14.8. The molecule has 16 heavy (non-hydrogen) atoms. The Morgan fingerprint density at radius 3 is 2.31 bits per heavy atom. The fourth-order valence-electron chi connectivity index (χ4n) is 1.60. The molecule has 0 spiro atoms. The van der Waals surface area contributed by atoms with Crippen LogP contribution in [0.15, 0.2) is 48.5 Å². The number of hydrogen-bond donors (Lipinski definition) is 0. The predicted molar refractivity (Wildman–Crippen MR) is 61.3 cm³/mol. The van der Waals surface area contributed by atoms with Crippen LogP contribution < -0.4 is 0 Å². The van der Waals surface area contributed by atoms with Crippen molar-refractivity contribution in [2.45, 2.75) is 0 Å². The Bertz CT molecular complexity index is 589. The minimum absolute atomic E-state index is 0.295. The van der Waals surface area contributed by atoms with E-state index in [0.717, 1.165) is 11.1 Å². The average Bonchev–Trinajstić information content (AvgIpc) is 2.38. The van der Waals surface area contributed by atoms with Gasteiger partial charge in [0.2, 0.25) is 5.39 Å². The maximum atomic E-state index is 9.07. The van der Waals surface area contributed by atoms with Crippen LogP contribution in [0.25, 0.3) is 16.1 Å². The molecule has 0 N–H and O–H groups in total. The molecule has 0 fully saturated rings. The Kier molecular flexibility index (Phi) is 2.63. The van der Waals surface area contributed by atoms with E-state index >= 15 is 0 Å². The minimum atomic E-state index is 0.295. The van der Waals surface area contributed by atoms with E-state index in [1.807, 2.05) is 36.4 Å². The molecule has 3 heteroatoms. The van der Waals surface area contributed by atoms with Crippen molar-refractivity contribution in [3.63, 3.8) is 0 Å². The van der Waals surface area contributed by atoms with E-state index in [4.69, 9.17) is 10.7 Å². The van der Waals surface area contributed by atoms with Gasteiger partial charge in [-0.25, -0.2) is 0 Å². The first-order valence-electron chi connectivity index (χ1n) is 4.80. The van der Waals surface area contributed by atoms with Gasteiger partial charge in [0, 0.05) is 11.6 Å². The lowest BCUT2D eigenvalue weighted by Gasteiger charge is -2.00. The molecule has 74 valence electrons. The summed E-state index contributed by atoms with van der Waals surface area (Å²) < 4.78 is 0. The number of rotatable bonds is 1. The van der Waals surface area contributed by atoms with Crippen LogP contribution in [0.1, 0.15) is 5.56 Å². The summed E-state index contributed by atoms with van der Waals surface area (Å²) in [6, 6.07) is 16.8. The molecule has 0 amide bonds. The molecular formula is C13H8N3+. The number of nitriles is 1. The Balaban J connectivity index is 2.69. The van der Waals surface area contributed by atoms with Crippen molar-refractivity contribution in [3.05, 3.63) is 59.1 Å². The summed E-state index contributed by atoms with van der Waals surface area (Å²) in [5, 5.41) is 17.9. The molecule has 0 heterocycles. The molecular weight excluding hydrogens is 198 g/mol. The first kappa shape index (κ1) is 9.89. The summed E-state index contributed by atoms with van der Waals surface area (Å²) >= 11 is 0. The molecule has 0 saturated heterocycles. The third-order valence-corrected chi connectivity index (χ3v) is 2.35. The zero-order valence-corrected chi connectivity index (χ0v) is 8.46. The van der Waals surface area contributed by atoms with Crippen LogP contribution in [0.4, 0.5) is 5.69 Å². The lowest BCUT2D eigenvalue weighted by atomic mass is 9.99. The summed E-state index contributed by atoms with van der Waals surface area (Å²) in [6.07, 6.45) is 0. The molecule has 2 aromatic carbocycles. The standard InChI is InChI=1S/C13H8N3/c14-9-12-11(7-4-8-13(12)16-15)10-5-2-1-3-6-10/h1-8H/q+1. The van der Waals surface area contributed by atoms with E-state index in [1.165, 1.54) is 0 Å². The Morgan fingerprint density at radius 1 is 0.938 bits per heavy atom. The minimum Gasteiger partial charge on any atom is -0.192 e. The molecule has 0 aromatic heterocycles. The molecule has 0 aliphatic heterocycles. The van der Waals surface area contributed by atoms with Gasteiger partial charge in [0.05, 0.1) is 0 Å². The Hall–Kier alpha value is -2.65. The lowest BCUT2D eigenvalue weighted by Crippen LogP contribution is -1.83. The van der Waals surface area contributed by atoms with Gasteiger partial charge in [0.25, 0.3) is 0 Å².